The summed E-state index contributed by atoms with van der Waals surface area (Å²) >= 11 is 0. The summed E-state index contributed by atoms with van der Waals surface area (Å²) in [6.45, 7) is 4.92. The van der Waals surface area contributed by atoms with E-state index in [-0.39, 0.29) is 17.9 Å². The van der Waals surface area contributed by atoms with Crippen LogP contribution in [0.1, 0.15) is 41.0 Å². The van der Waals surface area contributed by atoms with Gasteiger partial charge in [0, 0.05) is 5.56 Å². The number of benzene rings is 3. The van der Waals surface area contributed by atoms with E-state index < -0.39 is 17.7 Å². The number of ether oxygens (including phenoxy) is 2. The molecule has 0 radical (unpaired) electrons. The number of nitrogens with zero attached hydrogens (tertiary/aromatic N) is 1. The Morgan fingerprint density at radius 1 is 0.923 bits per heavy atom. The smallest absolute Gasteiger partial charge is 0.296 e. The fraction of sp³-hybridized carbons (Fsp3) is 0.188. The minimum Gasteiger partial charge on any atom is -0.507 e. The van der Waals surface area contributed by atoms with Crippen LogP contribution in [0.4, 0.5) is 0 Å². The van der Waals surface area contributed by atoms with Gasteiger partial charge in [-0.1, -0.05) is 42.0 Å². The fourth-order valence-electron chi connectivity index (χ4n) is 4.71. The van der Waals surface area contributed by atoms with Gasteiger partial charge < -0.3 is 23.9 Å². The summed E-state index contributed by atoms with van der Waals surface area (Å²) in [5.41, 5.74) is 3.30. The van der Waals surface area contributed by atoms with E-state index in [4.69, 9.17) is 13.9 Å². The first-order valence-electron chi connectivity index (χ1n) is 12.8. The molecule has 0 unspecified atom stereocenters. The van der Waals surface area contributed by atoms with Crippen molar-refractivity contribution in [1.82, 2.24) is 4.90 Å². The zero-order valence-corrected chi connectivity index (χ0v) is 21.8. The minimum atomic E-state index is -0.803. The molecule has 3 aromatic carbocycles. The molecule has 1 saturated heterocycles. The molecule has 4 aromatic rings. The molecule has 1 N–H and O–H groups in total. The van der Waals surface area contributed by atoms with Crippen LogP contribution in [0.2, 0.25) is 0 Å². The number of carbonyl (C=O) groups is 2. The fourth-order valence-corrected chi connectivity index (χ4v) is 4.71. The third kappa shape index (κ3) is 5.57. The van der Waals surface area contributed by atoms with Crippen molar-refractivity contribution in [3.05, 3.63) is 125 Å². The summed E-state index contributed by atoms with van der Waals surface area (Å²) < 4.78 is 16.9. The van der Waals surface area contributed by atoms with E-state index in [1.54, 1.807) is 60.7 Å². The molecule has 1 amide bonds. The number of aliphatic hydroxyl groups excluding tert-OH is 1. The third-order valence-corrected chi connectivity index (χ3v) is 6.57. The molecule has 1 aliphatic rings. The molecule has 7 nitrogen and oxygen atoms in total. The number of hydrogen-bond acceptors (Lipinski definition) is 6. The summed E-state index contributed by atoms with van der Waals surface area (Å²) in [7, 11) is 0. The van der Waals surface area contributed by atoms with Crippen LogP contribution in [-0.2, 0) is 22.7 Å². The first kappa shape index (κ1) is 25.9. The summed E-state index contributed by atoms with van der Waals surface area (Å²) in [5, 5.41) is 11.3. The zero-order valence-electron chi connectivity index (χ0n) is 21.8. The van der Waals surface area contributed by atoms with Gasteiger partial charge in [0.05, 0.1) is 31.0 Å². The summed E-state index contributed by atoms with van der Waals surface area (Å²) in [5.74, 6) is 0.116. The molecule has 1 atom stereocenters. The lowest BCUT2D eigenvalue weighted by molar-refractivity contribution is -0.140. The van der Waals surface area contributed by atoms with Gasteiger partial charge in [-0.25, -0.2) is 0 Å². The lowest BCUT2D eigenvalue weighted by atomic mass is 9.95. The number of amides is 1. The molecule has 1 aromatic heterocycles. The lowest BCUT2D eigenvalue weighted by Crippen LogP contribution is -2.29. The van der Waals surface area contributed by atoms with Crippen LogP contribution in [0.5, 0.6) is 11.5 Å². The number of ketones is 1. The zero-order chi connectivity index (χ0) is 27.4. The average molecular weight is 524 g/mol. The number of aliphatic hydroxyl groups is 1. The Morgan fingerprint density at radius 2 is 1.64 bits per heavy atom. The van der Waals surface area contributed by atoms with Gasteiger partial charge >= 0.3 is 0 Å². The molecule has 7 heteroatoms. The number of Topliss-reactive ketones (excluding diaryl/α,β-unsaturated/α-hetero) is 1. The second-order valence-electron chi connectivity index (χ2n) is 9.31. The van der Waals surface area contributed by atoms with Crippen molar-refractivity contribution in [2.75, 3.05) is 6.61 Å². The standard InChI is InChI=1S/C32H29NO6/c1-3-37-25-13-9-23(10-14-25)29-28(31(35)32(36)33(29)19-27-8-5-17-38-27)30(34)24-11-15-26(16-12-24)39-20-22-7-4-6-21(2)18-22/h4-18,29,34H,3,19-20H2,1-2H3/t29-/m1/s1. The van der Waals surface area contributed by atoms with Gasteiger partial charge in [-0.2, -0.15) is 0 Å². The number of rotatable bonds is 9. The summed E-state index contributed by atoms with van der Waals surface area (Å²) in [4.78, 5) is 27.9. The molecular formula is C32H29NO6. The van der Waals surface area contributed by atoms with E-state index in [1.165, 1.54) is 11.2 Å². The van der Waals surface area contributed by atoms with E-state index in [2.05, 4.69) is 6.07 Å². The quantitative estimate of drug-likeness (QED) is 0.160. The predicted octanol–water partition coefficient (Wildman–Crippen LogP) is 6.19. The molecule has 1 fully saturated rings. The van der Waals surface area contributed by atoms with Crippen molar-refractivity contribution in [3.8, 4) is 11.5 Å². The Balaban J connectivity index is 1.46. The Labute approximate surface area is 226 Å². The Hall–Kier alpha value is -4.78. The highest BCUT2D eigenvalue weighted by atomic mass is 16.5. The number of likely N-dealkylation sites (tertiary alicyclic amines) is 1. The number of aryl methyl sites for hydroxylation is 1. The van der Waals surface area contributed by atoms with E-state index in [1.807, 2.05) is 32.0 Å². The minimum absolute atomic E-state index is 0.0177. The van der Waals surface area contributed by atoms with Crippen LogP contribution < -0.4 is 9.47 Å². The number of carbonyl (C=O) groups excluding carboxylic acids is 2. The highest BCUT2D eigenvalue weighted by Crippen LogP contribution is 2.41. The first-order valence-corrected chi connectivity index (χ1v) is 12.8. The lowest BCUT2D eigenvalue weighted by Gasteiger charge is -2.24. The second-order valence-corrected chi connectivity index (χ2v) is 9.31. The van der Waals surface area contributed by atoms with Gasteiger partial charge in [-0.05, 0) is 73.5 Å². The van der Waals surface area contributed by atoms with E-state index in [9.17, 15) is 14.7 Å². The molecule has 0 bridgehead atoms. The van der Waals surface area contributed by atoms with Gasteiger partial charge in [0.2, 0.25) is 0 Å². The molecule has 2 heterocycles. The van der Waals surface area contributed by atoms with Crippen molar-refractivity contribution in [1.29, 1.82) is 0 Å². The maximum atomic E-state index is 13.3. The molecule has 0 spiro atoms. The Bertz CT molecular complexity index is 1490. The summed E-state index contributed by atoms with van der Waals surface area (Å²) in [6, 6.07) is 24.7. The largest absolute Gasteiger partial charge is 0.507 e. The Kier molecular flexibility index (Phi) is 7.50. The van der Waals surface area contributed by atoms with Crippen molar-refractivity contribution >= 4 is 17.4 Å². The van der Waals surface area contributed by atoms with Crippen molar-refractivity contribution in [2.45, 2.75) is 33.0 Å². The SMILES string of the molecule is CCOc1ccc([C@@H]2C(=C(O)c3ccc(OCc4cccc(C)c4)cc3)C(=O)C(=O)N2Cc2ccco2)cc1. The number of furan rings is 1. The van der Waals surface area contributed by atoms with E-state index in [0.29, 0.717) is 41.6 Å². The van der Waals surface area contributed by atoms with Crippen LogP contribution in [0.15, 0.2) is 101 Å². The highest BCUT2D eigenvalue weighted by molar-refractivity contribution is 6.46. The first-order chi connectivity index (χ1) is 18.9. The van der Waals surface area contributed by atoms with Gasteiger partial charge in [0.25, 0.3) is 11.7 Å². The van der Waals surface area contributed by atoms with Crippen molar-refractivity contribution in [3.63, 3.8) is 0 Å². The molecule has 1 aliphatic heterocycles. The maximum absolute atomic E-state index is 13.3. The molecule has 0 saturated carbocycles. The van der Waals surface area contributed by atoms with Crippen LogP contribution in [-0.4, -0.2) is 28.3 Å². The van der Waals surface area contributed by atoms with Gasteiger partial charge in [0.15, 0.2) is 0 Å². The number of hydrogen-bond donors (Lipinski definition) is 1. The van der Waals surface area contributed by atoms with E-state index >= 15 is 0 Å². The predicted molar refractivity (Wildman–Crippen MR) is 146 cm³/mol. The van der Waals surface area contributed by atoms with Crippen LogP contribution in [0.3, 0.4) is 0 Å². The van der Waals surface area contributed by atoms with Crippen LogP contribution in [0.25, 0.3) is 5.76 Å². The topological polar surface area (TPSA) is 89.2 Å². The molecule has 198 valence electrons. The summed E-state index contributed by atoms with van der Waals surface area (Å²) in [6.07, 6.45) is 1.51. The second kappa shape index (κ2) is 11.3. The molecule has 5 rings (SSSR count). The normalized spacial score (nSPS) is 16.5. The molecular weight excluding hydrogens is 494 g/mol. The average Bonchev–Trinajstić information content (AvgIpc) is 3.55. The van der Waals surface area contributed by atoms with Crippen molar-refractivity contribution in [2.24, 2.45) is 0 Å². The van der Waals surface area contributed by atoms with Crippen molar-refractivity contribution < 1.29 is 28.6 Å². The van der Waals surface area contributed by atoms with Gasteiger partial charge in [0.1, 0.15) is 29.6 Å². The monoisotopic (exact) mass is 523 g/mol. The van der Waals surface area contributed by atoms with Gasteiger partial charge in [-0.15, -0.1) is 0 Å². The Morgan fingerprint density at radius 3 is 2.31 bits per heavy atom. The molecule has 0 aliphatic carbocycles. The van der Waals surface area contributed by atoms with Crippen LogP contribution in [0, 0.1) is 6.92 Å². The van der Waals surface area contributed by atoms with Crippen LogP contribution >= 0.6 is 0 Å². The maximum Gasteiger partial charge on any atom is 0.296 e. The highest BCUT2D eigenvalue weighted by Gasteiger charge is 2.46. The van der Waals surface area contributed by atoms with Gasteiger partial charge in [-0.3, -0.25) is 9.59 Å². The third-order valence-electron chi connectivity index (χ3n) is 6.57. The van der Waals surface area contributed by atoms with E-state index in [0.717, 1.165) is 11.1 Å². The molecule has 39 heavy (non-hydrogen) atoms.